The van der Waals surface area contributed by atoms with Gasteiger partial charge >= 0.3 is 6.18 Å². The Kier molecular flexibility index (Phi) is 7.49. The van der Waals surface area contributed by atoms with Gasteiger partial charge in [-0.15, -0.1) is 0 Å². The zero-order valence-electron chi connectivity index (χ0n) is 20.7. The van der Waals surface area contributed by atoms with Crippen LogP contribution in [-0.2, 0) is 24.0 Å². The highest BCUT2D eigenvalue weighted by Crippen LogP contribution is 2.43. The molecule has 1 N–H and O–H groups in total. The minimum absolute atomic E-state index is 0.0237. The van der Waals surface area contributed by atoms with E-state index in [0.29, 0.717) is 36.5 Å². The summed E-state index contributed by atoms with van der Waals surface area (Å²) in [6.07, 6.45) is -3.06. The van der Waals surface area contributed by atoms with Crippen molar-refractivity contribution in [3.05, 3.63) is 71.4 Å². The zero-order valence-corrected chi connectivity index (χ0v) is 20.7. The van der Waals surface area contributed by atoms with Gasteiger partial charge < -0.3 is 19.4 Å². The van der Waals surface area contributed by atoms with E-state index in [-0.39, 0.29) is 23.1 Å². The molecule has 0 saturated carbocycles. The molecule has 4 aromatic rings. The van der Waals surface area contributed by atoms with E-state index in [0.717, 1.165) is 11.1 Å². The molecular weight excluding hydrogens is 469 g/mol. The van der Waals surface area contributed by atoms with Crippen LogP contribution in [0.4, 0.5) is 19.0 Å². The molecule has 2 aromatic carbocycles. The number of methoxy groups -OCH3 is 2. The summed E-state index contributed by atoms with van der Waals surface area (Å²) in [6, 6.07) is 14.4. The standard InChI is InChI=1S/C27H29F3N4O2/c1-17(2)18-8-10-19(11-9-18)26-33-24-23(27(28,29)30)20(16-32-22-7-5-6-12-31-22)15-21(36-4)25(24)34(26)13-14-35-3/h5-12,15,17H,13-14,16H2,1-4H3,(H,31,32). The summed E-state index contributed by atoms with van der Waals surface area (Å²) in [4.78, 5) is 8.71. The number of rotatable bonds is 9. The molecule has 2 heterocycles. The number of aromatic nitrogens is 3. The van der Waals surface area contributed by atoms with Gasteiger partial charge in [0.05, 0.1) is 19.3 Å². The van der Waals surface area contributed by atoms with Gasteiger partial charge in [-0.05, 0) is 35.2 Å². The Morgan fingerprint density at radius 2 is 1.81 bits per heavy atom. The minimum atomic E-state index is -4.63. The van der Waals surface area contributed by atoms with Gasteiger partial charge in [-0.2, -0.15) is 13.2 Å². The fourth-order valence-electron chi connectivity index (χ4n) is 4.23. The lowest BCUT2D eigenvalue weighted by molar-refractivity contribution is -0.137. The molecule has 6 nitrogen and oxygen atoms in total. The molecule has 0 saturated heterocycles. The van der Waals surface area contributed by atoms with E-state index in [2.05, 4.69) is 29.1 Å². The number of alkyl halides is 3. The van der Waals surface area contributed by atoms with Gasteiger partial charge in [0.25, 0.3) is 0 Å². The van der Waals surface area contributed by atoms with Crippen molar-refractivity contribution in [1.29, 1.82) is 0 Å². The van der Waals surface area contributed by atoms with Crippen LogP contribution in [0.15, 0.2) is 54.7 Å². The molecular formula is C27H29F3N4O2. The number of pyridine rings is 1. The Morgan fingerprint density at radius 3 is 2.39 bits per heavy atom. The monoisotopic (exact) mass is 498 g/mol. The second-order valence-corrected chi connectivity index (χ2v) is 8.73. The van der Waals surface area contributed by atoms with Crippen LogP contribution in [0.1, 0.15) is 36.5 Å². The lowest BCUT2D eigenvalue weighted by Gasteiger charge is -2.17. The Hall–Kier alpha value is -3.59. The largest absolute Gasteiger partial charge is 0.494 e. The summed E-state index contributed by atoms with van der Waals surface area (Å²) in [7, 11) is 3.00. The summed E-state index contributed by atoms with van der Waals surface area (Å²) in [5, 5.41) is 2.97. The van der Waals surface area contributed by atoms with E-state index in [1.165, 1.54) is 13.2 Å². The fraction of sp³-hybridized carbons (Fsp3) is 0.333. The summed E-state index contributed by atoms with van der Waals surface area (Å²) < 4.78 is 56.2. The number of fused-ring (bicyclic) bond motifs is 1. The molecule has 0 fully saturated rings. The van der Waals surface area contributed by atoms with E-state index in [4.69, 9.17) is 9.47 Å². The maximum absolute atomic E-state index is 14.5. The molecule has 0 aliphatic carbocycles. The Morgan fingerprint density at radius 1 is 1.06 bits per heavy atom. The summed E-state index contributed by atoms with van der Waals surface area (Å²) >= 11 is 0. The molecule has 0 atom stereocenters. The van der Waals surface area contributed by atoms with E-state index in [9.17, 15) is 13.2 Å². The lowest BCUT2D eigenvalue weighted by atomic mass is 10.0. The number of nitrogens with zero attached hydrogens (tertiary/aromatic N) is 3. The zero-order chi connectivity index (χ0) is 25.9. The molecule has 190 valence electrons. The van der Waals surface area contributed by atoms with Crippen LogP contribution in [0.2, 0.25) is 0 Å². The maximum atomic E-state index is 14.5. The van der Waals surface area contributed by atoms with Crippen LogP contribution in [0, 0.1) is 0 Å². The first-order valence-electron chi connectivity index (χ1n) is 11.7. The number of ether oxygens (including phenoxy) is 2. The van der Waals surface area contributed by atoms with Gasteiger partial charge in [-0.1, -0.05) is 44.2 Å². The van der Waals surface area contributed by atoms with Gasteiger partial charge in [0.1, 0.15) is 28.4 Å². The highest BCUT2D eigenvalue weighted by Gasteiger charge is 2.38. The van der Waals surface area contributed by atoms with Crippen molar-refractivity contribution in [3.63, 3.8) is 0 Å². The summed E-state index contributed by atoms with van der Waals surface area (Å²) in [6.45, 7) is 4.69. The average molecular weight is 499 g/mol. The quantitative estimate of drug-likeness (QED) is 0.285. The molecule has 36 heavy (non-hydrogen) atoms. The first-order chi connectivity index (χ1) is 17.2. The lowest BCUT2D eigenvalue weighted by Crippen LogP contribution is -2.14. The van der Waals surface area contributed by atoms with E-state index in [1.54, 1.807) is 36.1 Å². The Balaban J connectivity index is 1.93. The van der Waals surface area contributed by atoms with Crippen molar-refractivity contribution in [1.82, 2.24) is 14.5 Å². The fourth-order valence-corrected chi connectivity index (χ4v) is 4.23. The van der Waals surface area contributed by atoms with Crippen LogP contribution in [-0.4, -0.2) is 35.4 Å². The average Bonchev–Trinajstić information content (AvgIpc) is 3.24. The highest BCUT2D eigenvalue weighted by atomic mass is 19.4. The van der Waals surface area contributed by atoms with Gasteiger partial charge in [-0.25, -0.2) is 9.97 Å². The van der Waals surface area contributed by atoms with E-state index in [1.807, 2.05) is 24.3 Å². The number of hydrogen-bond acceptors (Lipinski definition) is 5. The number of nitrogens with one attached hydrogen (secondary N) is 1. The molecule has 0 spiro atoms. The van der Waals surface area contributed by atoms with E-state index >= 15 is 0 Å². The predicted octanol–water partition coefficient (Wildman–Crippen LogP) is 6.51. The van der Waals surface area contributed by atoms with Crippen molar-refractivity contribution in [2.24, 2.45) is 0 Å². The molecule has 0 amide bonds. The van der Waals surface area contributed by atoms with Crippen molar-refractivity contribution in [3.8, 4) is 17.1 Å². The van der Waals surface area contributed by atoms with Crippen LogP contribution in [0.25, 0.3) is 22.4 Å². The third-order valence-electron chi connectivity index (χ3n) is 6.05. The normalized spacial score (nSPS) is 11.9. The number of hydrogen-bond donors (Lipinski definition) is 1. The Labute approximate surface area is 208 Å². The Bertz CT molecular complexity index is 1320. The van der Waals surface area contributed by atoms with Gasteiger partial charge in [0.15, 0.2) is 0 Å². The van der Waals surface area contributed by atoms with Crippen molar-refractivity contribution >= 4 is 16.9 Å². The molecule has 0 bridgehead atoms. The molecule has 0 radical (unpaired) electrons. The predicted molar refractivity (Wildman–Crippen MR) is 134 cm³/mol. The van der Waals surface area contributed by atoms with Crippen LogP contribution in [0.5, 0.6) is 5.75 Å². The van der Waals surface area contributed by atoms with E-state index < -0.39 is 11.7 Å². The van der Waals surface area contributed by atoms with Crippen LogP contribution >= 0.6 is 0 Å². The molecule has 0 unspecified atom stereocenters. The number of benzene rings is 2. The molecule has 2 aromatic heterocycles. The van der Waals surface area contributed by atoms with Crippen molar-refractivity contribution < 1.29 is 22.6 Å². The molecule has 4 rings (SSSR count). The topological polar surface area (TPSA) is 61.2 Å². The maximum Gasteiger partial charge on any atom is 0.418 e. The van der Waals surface area contributed by atoms with Crippen LogP contribution < -0.4 is 10.1 Å². The molecule has 0 aliphatic rings. The SMILES string of the molecule is COCCn1c(-c2ccc(C(C)C)cc2)nc2c(C(F)(F)F)c(CNc3ccccn3)cc(OC)c21. The van der Waals surface area contributed by atoms with Gasteiger partial charge in [0, 0.05) is 32.0 Å². The van der Waals surface area contributed by atoms with Gasteiger partial charge in [0.2, 0.25) is 0 Å². The van der Waals surface area contributed by atoms with Crippen molar-refractivity contribution in [2.75, 3.05) is 26.1 Å². The first-order valence-corrected chi connectivity index (χ1v) is 11.7. The number of halogens is 3. The number of imidazole rings is 1. The summed E-state index contributed by atoms with van der Waals surface area (Å²) in [5.74, 6) is 1.54. The summed E-state index contributed by atoms with van der Waals surface area (Å²) in [5.41, 5.74) is 1.21. The van der Waals surface area contributed by atoms with Crippen molar-refractivity contribution in [2.45, 2.75) is 39.0 Å². The minimum Gasteiger partial charge on any atom is -0.494 e. The highest BCUT2D eigenvalue weighted by molar-refractivity contribution is 5.90. The number of anilines is 1. The smallest absolute Gasteiger partial charge is 0.418 e. The van der Waals surface area contributed by atoms with Gasteiger partial charge in [-0.3, -0.25) is 0 Å². The third-order valence-corrected chi connectivity index (χ3v) is 6.05. The first kappa shape index (κ1) is 25.5. The molecule has 9 heteroatoms. The molecule has 0 aliphatic heterocycles. The van der Waals surface area contributed by atoms with Crippen LogP contribution in [0.3, 0.4) is 0 Å². The second-order valence-electron chi connectivity index (χ2n) is 8.73. The second kappa shape index (κ2) is 10.6. The third kappa shape index (κ3) is 5.16.